The van der Waals surface area contributed by atoms with E-state index in [1.165, 1.54) is 37.9 Å². The Labute approximate surface area is 151 Å². The Morgan fingerprint density at radius 3 is 2.64 bits per heavy atom. The zero-order valence-electron chi connectivity index (χ0n) is 15.3. The molecule has 0 atom stereocenters. The molecule has 4 aromatic rings. The summed E-state index contributed by atoms with van der Waals surface area (Å²) in [5.74, 6) is 0.942. The van der Waals surface area contributed by atoms with Gasteiger partial charge in [0.2, 0.25) is 0 Å². The van der Waals surface area contributed by atoms with E-state index in [2.05, 4.69) is 57.3 Å². The van der Waals surface area contributed by atoms with E-state index < -0.39 is 0 Å². The van der Waals surface area contributed by atoms with Crippen molar-refractivity contribution >= 4 is 37.6 Å². The summed E-state index contributed by atoms with van der Waals surface area (Å²) in [5, 5.41) is 9.47. The molecule has 0 aliphatic heterocycles. The second kappa shape index (κ2) is 5.85. The third-order valence-corrected chi connectivity index (χ3v) is 5.77. The summed E-state index contributed by atoms with van der Waals surface area (Å²) in [4.78, 5) is 5.81. The molecule has 3 aromatic heterocycles. The third kappa shape index (κ3) is 2.68. The Morgan fingerprint density at radius 2 is 1.88 bits per heavy atom. The number of pyridine rings is 1. The summed E-state index contributed by atoms with van der Waals surface area (Å²) in [7, 11) is 2.01. The first-order valence-corrected chi connectivity index (χ1v) is 9.29. The van der Waals surface area contributed by atoms with Crippen molar-refractivity contribution < 1.29 is 0 Å². The van der Waals surface area contributed by atoms with E-state index >= 15 is 0 Å². The van der Waals surface area contributed by atoms with E-state index in [1.807, 2.05) is 11.7 Å². The Bertz CT molecular complexity index is 1100. The van der Waals surface area contributed by atoms with Crippen LogP contribution in [-0.4, -0.2) is 14.8 Å². The third-order valence-electron chi connectivity index (χ3n) is 4.70. The number of hydrogen-bond acceptors (Lipinski definition) is 4. The average molecular weight is 350 g/mol. The molecule has 128 valence electrons. The second-order valence-electron chi connectivity index (χ2n) is 6.80. The van der Waals surface area contributed by atoms with Crippen molar-refractivity contribution in [1.29, 1.82) is 0 Å². The number of aryl methyl sites for hydroxylation is 5. The quantitative estimate of drug-likeness (QED) is 0.563. The van der Waals surface area contributed by atoms with E-state index in [0.717, 1.165) is 22.9 Å². The molecular weight excluding hydrogens is 328 g/mol. The van der Waals surface area contributed by atoms with Crippen LogP contribution in [0, 0.1) is 27.7 Å². The Kier molecular flexibility index (Phi) is 3.76. The van der Waals surface area contributed by atoms with Crippen LogP contribution in [-0.2, 0) is 13.6 Å². The maximum Gasteiger partial charge on any atom is 0.166 e. The number of thiophene rings is 1. The number of fused-ring (bicyclic) bond motifs is 3. The highest BCUT2D eigenvalue weighted by Gasteiger charge is 2.18. The maximum atomic E-state index is 4.72. The van der Waals surface area contributed by atoms with Crippen molar-refractivity contribution in [3.8, 4) is 0 Å². The van der Waals surface area contributed by atoms with Crippen molar-refractivity contribution in [2.24, 2.45) is 7.05 Å². The van der Waals surface area contributed by atoms with Crippen LogP contribution in [0.3, 0.4) is 0 Å². The first-order chi connectivity index (χ1) is 11.9. The van der Waals surface area contributed by atoms with E-state index in [4.69, 9.17) is 10.1 Å². The fraction of sp³-hybridized carbons (Fsp3) is 0.300. The van der Waals surface area contributed by atoms with Gasteiger partial charge < -0.3 is 5.32 Å². The topological polar surface area (TPSA) is 42.7 Å². The van der Waals surface area contributed by atoms with Crippen LogP contribution in [0.25, 0.3) is 20.4 Å². The molecule has 25 heavy (non-hydrogen) atoms. The van der Waals surface area contributed by atoms with Gasteiger partial charge in [-0.15, -0.1) is 11.3 Å². The molecule has 0 fully saturated rings. The Balaban J connectivity index is 1.76. The van der Waals surface area contributed by atoms with Gasteiger partial charge >= 0.3 is 0 Å². The van der Waals surface area contributed by atoms with Crippen LogP contribution in [0.4, 0.5) is 5.82 Å². The van der Waals surface area contributed by atoms with Crippen LogP contribution in [0.2, 0.25) is 0 Å². The van der Waals surface area contributed by atoms with E-state index in [1.54, 1.807) is 11.3 Å². The summed E-state index contributed by atoms with van der Waals surface area (Å²) in [6.07, 6.45) is 0. The molecular formula is C20H22N4S. The monoisotopic (exact) mass is 350 g/mol. The molecule has 4 nitrogen and oxygen atoms in total. The predicted molar refractivity (Wildman–Crippen MR) is 107 cm³/mol. The molecule has 3 heterocycles. The predicted octanol–water partition coefficient (Wildman–Crippen LogP) is 5.03. The first kappa shape index (κ1) is 16.1. The molecule has 1 aromatic carbocycles. The summed E-state index contributed by atoms with van der Waals surface area (Å²) < 4.78 is 3.16. The van der Waals surface area contributed by atoms with Crippen molar-refractivity contribution in [3.05, 3.63) is 52.2 Å². The smallest absolute Gasteiger partial charge is 0.166 e. The van der Waals surface area contributed by atoms with Crippen LogP contribution >= 0.6 is 11.3 Å². The Morgan fingerprint density at radius 1 is 1.08 bits per heavy atom. The lowest BCUT2D eigenvalue weighted by Crippen LogP contribution is -2.03. The zero-order chi connectivity index (χ0) is 17.7. The molecule has 0 saturated heterocycles. The highest BCUT2D eigenvalue weighted by molar-refractivity contribution is 7.26. The second-order valence-corrected chi connectivity index (χ2v) is 7.80. The molecule has 0 amide bonds. The van der Waals surface area contributed by atoms with Gasteiger partial charge in [-0.2, -0.15) is 5.10 Å². The lowest BCUT2D eigenvalue weighted by atomic mass is 10.1. The molecule has 0 aliphatic carbocycles. The van der Waals surface area contributed by atoms with Gasteiger partial charge in [-0.3, -0.25) is 4.68 Å². The average Bonchev–Trinajstić information content (AvgIpc) is 3.04. The van der Waals surface area contributed by atoms with Crippen molar-refractivity contribution in [1.82, 2.24) is 14.8 Å². The molecule has 1 N–H and O–H groups in total. The Hall–Kier alpha value is -2.40. The van der Waals surface area contributed by atoms with Crippen molar-refractivity contribution in [2.75, 3.05) is 5.32 Å². The van der Waals surface area contributed by atoms with E-state index in [0.29, 0.717) is 0 Å². The number of rotatable bonds is 3. The largest absolute Gasteiger partial charge is 0.363 e. The minimum absolute atomic E-state index is 0.776. The lowest BCUT2D eigenvalue weighted by Gasteiger charge is -2.08. The van der Waals surface area contributed by atoms with E-state index in [9.17, 15) is 0 Å². The maximum absolute atomic E-state index is 4.72. The van der Waals surface area contributed by atoms with Gasteiger partial charge in [0.05, 0.1) is 10.2 Å². The zero-order valence-corrected chi connectivity index (χ0v) is 16.1. The summed E-state index contributed by atoms with van der Waals surface area (Å²) in [6.45, 7) is 9.26. The number of benzene rings is 1. The lowest BCUT2D eigenvalue weighted by molar-refractivity contribution is 0.799. The van der Waals surface area contributed by atoms with Gasteiger partial charge in [-0.1, -0.05) is 23.8 Å². The molecule has 5 heteroatoms. The van der Waals surface area contributed by atoms with Crippen molar-refractivity contribution in [3.63, 3.8) is 0 Å². The van der Waals surface area contributed by atoms with Crippen LogP contribution < -0.4 is 5.32 Å². The minimum atomic E-state index is 0.776. The number of nitrogens with zero attached hydrogens (tertiary/aromatic N) is 3. The number of hydrogen-bond donors (Lipinski definition) is 1. The normalized spacial score (nSPS) is 11.6. The minimum Gasteiger partial charge on any atom is -0.363 e. The van der Waals surface area contributed by atoms with E-state index in [-0.39, 0.29) is 0 Å². The fourth-order valence-electron chi connectivity index (χ4n) is 3.48. The SMILES string of the molecule is Cc1ccc(CNc2nn(C)c3c2sc2nc(C)cc(C)c23)c(C)c1. The van der Waals surface area contributed by atoms with Crippen LogP contribution in [0.5, 0.6) is 0 Å². The number of anilines is 1. The molecule has 0 radical (unpaired) electrons. The highest BCUT2D eigenvalue weighted by atomic mass is 32.1. The highest BCUT2D eigenvalue weighted by Crippen LogP contribution is 2.38. The number of aromatic nitrogens is 3. The fourth-order valence-corrected chi connectivity index (χ4v) is 4.76. The van der Waals surface area contributed by atoms with Gasteiger partial charge in [-0.25, -0.2) is 4.98 Å². The number of nitrogens with one attached hydrogen (secondary N) is 1. The summed E-state index contributed by atoms with van der Waals surface area (Å²) >= 11 is 1.72. The summed E-state index contributed by atoms with van der Waals surface area (Å²) in [5.41, 5.74) is 7.41. The van der Waals surface area contributed by atoms with Gasteiger partial charge in [0.25, 0.3) is 0 Å². The molecule has 0 saturated carbocycles. The molecule has 0 unspecified atom stereocenters. The molecule has 4 rings (SSSR count). The van der Waals surface area contributed by atoms with Crippen LogP contribution in [0.1, 0.15) is 27.9 Å². The first-order valence-electron chi connectivity index (χ1n) is 8.47. The van der Waals surface area contributed by atoms with Gasteiger partial charge in [0.1, 0.15) is 4.83 Å². The molecule has 0 bridgehead atoms. The van der Waals surface area contributed by atoms with Gasteiger partial charge in [0, 0.05) is 24.7 Å². The van der Waals surface area contributed by atoms with Gasteiger partial charge in [0.15, 0.2) is 5.82 Å². The molecule has 0 spiro atoms. The van der Waals surface area contributed by atoms with Gasteiger partial charge in [-0.05, 0) is 50.5 Å². The molecule has 0 aliphatic rings. The summed E-state index contributed by atoms with van der Waals surface area (Å²) in [6, 6.07) is 8.72. The van der Waals surface area contributed by atoms with Crippen molar-refractivity contribution in [2.45, 2.75) is 34.2 Å². The van der Waals surface area contributed by atoms with Crippen LogP contribution in [0.15, 0.2) is 24.3 Å². The standard InChI is InChI=1S/C20H22N4S/c1-11-6-7-15(12(2)8-11)10-21-19-18-17(24(5)23-19)16-13(3)9-14(4)22-20(16)25-18/h6-9H,10H2,1-5H3,(H,21,23).